The predicted octanol–water partition coefficient (Wildman–Crippen LogP) is 5.72. The minimum Gasteiger partial charge on any atom is -0.367 e. The van der Waals surface area contributed by atoms with E-state index in [0.717, 1.165) is 0 Å². The second kappa shape index (κ2) is 13.4. The van der Waals surface area contributed by atoms with Gasteiger partial charge in [0.25, 0.3) is 0 Å². The van der Waals surface area contributed by atoms with Crippen molar-refractivity contribution in [2.75, 3.05) is 0 Å². The van der Waals surface area contributed by atoms with E-state index < -0.39 is 51.7 Å². The first-order valence-corrected chi connectivity index (χ1v) is 15.2. The normalized spacial score (nSPS) is 14.7. The van der Waals surface area contributed by atoms with Gasteiger partial charge < -0.3 is 36.1 Å². The van der Waals surface area contributed by atoms with E-state index in [0.29, 0.717) is 0 Å². The topological polar surface area (TPSA) is 95.8 Å². The molecule has 0 aromatic heterocycles. The van der Waals surface area contributed by atoms with Gasteiger partial charge in [-0.15, -0.1) is 0 Å². The summed E-state index contributed by atoms with van der Waals surface area (Å²) in [5, 5.41) is 0. The van der Waals surface area contributed by atoms with Gasteiger partial charge in [-0.05, 0) is 125 Å². The van der Waals surface area contributed by atoms with Crippen LogP contribution in [0.25, 0.3) is 0 Å². The molecule has 0 bridgehead atoms. The van der Waals surface area contributed by atoms with Crippen LogP contribution in [0.3, 0.4) is 0 Å². The molecule has 0 aromatic rings. The minimum absolute atomic E-state index is 0. The quantitative estimate of drug-likeness (QED) is 0.365. The largest absolute Gasteiger partial charge is 0.678 e. The van der Waals surface area contributed by atoms with Crippen molar-refractivity contribution in [3.63, 3.8) is 0 Å². The van der Waals surface area contributed by atoms with Crippen molar-refractivity contribution in [3.05, 3.63) is 0 Å². The van der Waals surface area contributed by atoms with Crippen molar-refractivity contribution in [1.82, 2.24) is 0 Å². The van der Waals surface area contributed by atoms with Crippen LogP contribution in [0.5, 0.6) is 0 Å². The molecule has 0 saturated heterocycles. The van der Waals surface area contributed by atoms with Crippen molar-refractivity contribution in [2.24, 2.45) is 0 Å². The molecule has 0 rings (SSSR count). The molecule has 0 aliphatic heterocycles. The van der Waals surface area contributed by atoms with Crippen LogP contribution >= 0.6 is 0 Å². The Morgan fingerprint density at radius 2 is 0.400 bits per heavy atom. The number of rotatable bonds is 6. The molecule has 0 spiro atoms. The van der Waals surface area contributed by atoms with Gasteiger partial charge in [0, 0.05) is 26.2 Å². The Kier molecular flexibility index (Phi) is 15.5. The molecule has 212 valence electrons. The summed E-state index contributed by atoms with van der Waals surface area (Å²) in [6.07, 6.45) is 0. The summed E-state index contributed by atoms with van der Waals surface area (Å²) in [7, 11) is -7.31. The van der Waals surface area contributed by atoms with Crippen LogP contribution in [0.2, 0.25) is 0 Å². The SMILES string of the molecule is CC(C)(C)O[Si](O)(OC(C)(C)C)OC(C)(C)C.CC(C)(C)O[Si](O)(OC(C)(C)C)OC(C)(C)C.[Zr]. The molecule has 0 aliphatic carbocycles. The molecule has 11 heteroatoms. The van der Waals surface area contributed by atoms with Crippen LogP contribution < -0.4 is 0 Å². The summed E-state index contributed by atoms with van der Waals surface area (Å²) >= 11 is 0. The average Bonchev–Trinajstić information content (AvgIpc) is 2.20. The Labute approximate surface area is 237 Å². The van der Waals surface area contributed by atoms with Gasteiger partial charge in [0.2, 0.25) is 0 Å². The Balaban J connectivity index is -0.000000569. The van der Waals surface area contributed by atoms with Crippen LogP contribution in [0, 0.1) is 0 Å². The molecule has 0 aliphatic rings. The van der Waals surface area contributed by atoms with E-state index in [1.54, 1.807) is 0 Å². The smallest absolute Gasteiger partial charge is 0.367 e. The van der Waals surface area contributed by atoms with Gasteiger partial charge >= 0.3 is 18.1 Å². The van der Waals surface area contributed by atoms with Crippen LogP contribution in [-0.2, 0) is 52.8 Å². The van der Waals surface area contributed by atoms with Crippen molar-refractivity contribution < 1.29 is 62.4 Å². The van der Waals surface area contributed by atoms with Crippen LogP contribution in [0.1, 0.15) is 125 Å². The monoisotopic (exact) mass is 618 g/mol. The standard InChI is InChI=1S/2C12H28O4Si.Zr/c2*1-10(2,3)14-17(13,15-11(4,5)6)16-12(7,8)9;/h2*13H,1-9H3;. The van der Waals surface area contributed by atoms with Gasteiger partial charge in [0.05, 0.1) is 33.6 Å². The molecule has 0 fully saturated rings. The first-order valence-electron chi connectivity index (χ1n) is 11.9. The van der Waals surface area contributed by atoms with Gasteiger partial charge in [-0.2, -0.15) is 0 Å². The molecular weight excluding hydrogens is 564 g/mol. The molecule has 0 amide bonds. The van der Waals surface area contributed by atoms with E-state index in [2.05, 4.69) is 0 Å². The maximum absolute atomic E-state index is 10.5. The third-order valence-electron chi connectivity index (χ3n) is 2.61. The van der Waals surface area contributed by atoms with Gasteiger partial charge in [0.15, 0.2) is 0 Å². The zero-order chi connectivity index (χ0) is 28.2. The van der Waals surface area contributed by atoms with Gasteiger partial charge in [-0.1, -0.05) is 0 Å². The fourth-order valence-corrected chi connectivity index (χ4v) is 7.34. The Morgan fingerprint density at radius 3 is 0.457 bits per heavy atom. The molecule has 0 aromatic carbocycles. The summed E-state index contributed by atoms with van der Waals surface area (Å²) in [6.45, 7) is 33.6. The third kappa shape index (κ3) is 27.8. The Hall–Kier alpha value is 0.997. The summed E-state index contributed by atoms with van der Waals surface area (Å²) in [5.74, 6) is 0. The number of hydrogen-bond acceptors (Lipinski definition) is 8. The van der Waals surface area contributed by atoms with Crippen LogP contribution in [-0.4, -0.2) is 61.3 Å². The van der Waals surface area contributed by atoms with Crippen molar-refractivity contribution in [1.29, 1.82) is 0 Å². The van der Waals surface area contributed by atoms with Crippen LogP contribution in [0.15, 0.2) is 0 Å². The molecule has 35 heavy (non-hydrogen) atoms. The van der Waals surface area contributed by atoms with E-state index in [9.17, 15) is 9.59 Å². The summed E-state index contributed by atoms with van der Waals surface area (Å²) in [5.41, 5.74) is -3.10. The second-order valence-corrected chi connectivity index (χ2v) is 17.7. The third-order valence-corrected chi connectivity index (χ3v) is 7.83. The molecule has 8 nitrogen and oxygen atoms in total. The minimum atomic E-state index is -3.66. The zero-order valence-corrected chi connectivity index (χ0v) is 30.3. The number of hydrogen-bond donors (Lipinski definition) is 2. The summed E-state index contributed by atoms with van der Waals surface area (Å²) in [6, 6.07) is 0. The maximum Gasteiger partial charge on any atom is 0.678 e. The molecule has 0 saturated carbocycles. The first kappa shape index (κ1) is 40.5. The van der Waals surface area contributed by atoms with Gasteiger partial charge in [0.1, 0.15) is 0 Å². The predicted molar refractivity (Wildman–Crippen MR) is 141 cm³/mol. The van der Waals surface area contributed by atoms with E-state index >= 15 is 0 Å². The Morgan fingerprint density at radius 1 is 0.314 bits per heavy atom. The molecule has 0 heterocycles. The van der Waals surface area contributed by atoms with Gasteiger partial charge in [-0.3, -0.25) is 0 Å². The fourth-order valence-electron chi connectivity index (χ4n) is 2.45. The van der Waals surface area contributed by atoms with E-state index in [-0.39, 0.29) is 26.2 Å². The zero-order valence-electron chi connectivity index (χ0n) is 25.8. The van der Waals surface area contributed by atoms with Crippen molar-refractivity contribution >= 4 is 18.1 Å². The molecule has 2 N–H and O–H groups in total. The maximum atomic E-state index is 10.5. The molecule has 0 unspecified atom stereocenters. The van der Waals surface area contributed by atoms with E-state index in [1.165, 1.54) is 0 Å². The molecule has 0 atom stereocenters. The second-order valence-electron chi connectivity index (χ2n) is 14.3. The van der Waals surface area contributed by atoms with Crippen molar-refractivity contribution in [2.45, 2.75) is 158 Å². The molecular formula is C24H56O8Si2Zr. The Bertz CT molecular complexity index is 468. The van der Waals surface area contributed by atoms with E-state index in [4.69, 9.17) is 26.6 Å². The first-order chi connectivity index (χ1) is 14.2. The average molecular weight is 620 g/mol. The summed E-state index contributed by atoms with van der Waals surface area (Å²) in [4.78, 5) is 21.0. The van der Waals surface area contributed by atoms with E-state index in [1.807, 2.05) is 125 Å². The fraction of sp³-hybridized carbons (Fsp3) is 1.00. The van der Waals surface area contributed by atoms with Crippen molar-refractivity contribution in [3.8, 4) is 0 Å². The summed E-state index contributed by atoms with van der Waals surface area (Å²) < 4.78 is 33.8. The van der Waals surface area contributed by atoms with Gasteiger partial charge in [-0.25, -0.2) is 0 Å². The van der Waals surface area contributed by atoms with Crippen LogP contribution in [0.4, 0.5) is 0 Å². The molecule has 0 radical (unpaired) electrons.